The van der Waals surface area contributed by atoms with Gasteiger partial charge in [-0.3, -0.25) is 4.68 Å². The number of nitrogens with one attached hydrogen (secondary N) is 1. The molecule has 2 aromatic heterocycles. The van der Waals surface area contributed by atoms with Crippen molar-refractivity contribution in [1.82, 2.24) is 19.7 Å². The summed E-state index contributed by atoms with van der Waals surface area (Å²) in [5, 5.41) is 7.25. The van der Waals surface area contributed by atoms with Crippen LogP contribution >= 0.6 is 0 Å². The van der Waals surface area contributed by atoms with Gasteiger partial charge in [0.2, 0.25) is 5.95 Å². The third-order valence-electron chi connectivity index (χ3n) is 3.26. The van der Waals surface area contributed by atoms with Gasteiger partial charge in [-0.2, -0.15) is 5.10 Å². The van der Waals surface area contributed by atoms with Gasteiger partial charge in [-0.15, -0.1) is 0 Å². The van der Waals surface area contributed by atoms with Crippen molar-refractivity contribution in [2.24, 2.45) is 13.0 Å². The summed E-state index contributed by atoms with van der Waals surface area (Å²) in [6, 6.07) is 1.32. The van der Waals surface area contributed by atoms with E-state index in [4.69, 9.17) is 0 Å². The van der Waals surface area contributed by atoms with Crippen LogP contribution in [0.25, 0.3) is 11.3 Å². The van der Waals surface area contributed by atoms with Crippen LogP contribution in [0, 0.1) is 12.8 Å². The molecule has 2 rings (SSSR count). The average Bonchev–Trinajstić information content (AvgIpc) is 2.77. The molecule has 0 fully saturated rings. The zero-order valence-corrected chi connectivity index (χ0v) is 13.3. The molecule has 120 valence electrons. The van der Waals surface area contributed by atoms with Gasteiger partial charge in [0.25, 0.3) is 6.43 Å². The number of halogens is 2. The number of aromatic nitrogens is 4. The molecule has 0 radical (unpaired) electrons. The largest absolute Gasteiger partial charge is 0.354 e. The van der Waals surface area contributed by atoms with Crippen molar-refractivity contribution in [3.63, 3.8) is 0 Å². The van der Waals surface area contributed by atoms with Crippen LogP contribution in [0.2, 0.25) is 0 Å². The van der Waals surface area contributed by atoms with Gasteiger partial charge >= 0.3 is 0 Å². The summed E-state index contributed by atoms with van der Waals surface area (Å²) < 4.78 is 27.8. The number of anilines is 1. The Hall–Kier alpha value is -2.05. The predicted molar refractivity (Wildman–Crippen MR) is 81.9 cm³/mol. The van der Waals surface area contributed by atoms with Crippen LogP contribution in [-0.4, -0.2) is 26.3 Å². The molecule has 0 unspecified atom stereocenters. The SMILES string of the molecule is Cc1nn(C)cc1-c1cc(C(F)F)nc(NCCC(C)C)n1. The fourth-order valence-electron chi connectivity index (χ4n) is 2.12. The summed E-state index contributed by atoms with van der Waals surface area (Å²) in [7, 11) is 1.79. The minimum atomic E-state index is -2.63. The van der Waals surface area contributed by atoms with Crippen LogP contribution in [0.15, 0.2) is 12.3 Å². The highest BCUT2D eigenvalue weighted by atomic mass is 19.3. The molecule has 0 saturated heterocycles. The Labute approximate surface area is 128 Å². The van der Waals surface area contributed by atoms with Crippen molar-refractivity contribution in [2.75, 3.05) is 11.9 Å². The molecule has 7 heteroatoms. The van der Waals surface area contributed by atoms with Crippen LogP contribution in [0.5, 0.6) is 0 Å². The van der Waals surface area contributed by atoms with Gasteiger partial charge in [-0.1, -0.05) is 13.8 Å². The van der Waals surface area contributed by atoms with Crippen molar-refractivity contribution in [3.8, 4) is 11.3 Å². The summed E-state index contributed by atoms with van der Waals surface area (Å²) >= 11 is 0. The molecule has 0 aliphatic carbocycles. The zero-order chi connectivity index (χ0) is 16.3. The van der Waals surface area contributed by atoms with E-state index >= 15 is 0 Å². The molecule has 1 N–H and O–H groups in total. The number of nitrogens with zero attached hydrogens (tertiary/aromatic N) is 4. The topological polar surface area (TPSA) is 55.6 Å². The van der Waals surface area contributed by atoms with E-state index in [0.717, 1.165) is 17.7 Å². The van der Waals surface area contributed by atoms with E-state index in [0.29, 0.717) is 18.2 Å². The zero-order valence-electron chi connectivity index (χ0n) is 13.3. The Bertz CT molecular complexity index is 637. The van der Waals surface area contributed by atoms with Gasteiger partial charge in [0.1, 0.15) is 5.69 Å². The van der Waals surface area contributed by atoms with Crippen LogP contribution in [0.1, 0.15) is 38.1 Å². The summed E-state index contributed by atoms with van der Waals surface area (Å²) in [6.07, 6.45) is 0.0540. The monoisotopic (exact) mass is 309 g/mol. The van der Waals surface area contributed by atoms with Gasteiger partial charge in [-0.05, 0) is 25.3 Å². The average molecular weight is 309 g/mol. The molecule has 0 atom stereocenters. The van der Waals surface area contributed by atoms with E-state index in [1.807, 2.05) is 6.92 Å². The molecule has 5 nitrogen and oxygen atoms in total. The van der Waals surface area contributed by atoms with Crippen LogP contribution in [0.3, 0.4) is 0 Å². The van der Waals surface area contributed by atoms with Gasteiger partial charge in [0, 0.05) is 25.4 Å². The first-order chi connectivity index (χ1) is 10.4. The molecule has 0 amide bonds. The van der Waals surface area contributed by atoms with E-state index in [1.54, 1.807) is 17.9 Å². The summed E-state index contributed by atoms with van der Waals surface area (Å²) in [6.45, 7) is 6.67. The molecule has 2 heterocycles. The van der Waals surface area contributed by atoms with Crippen molar-refractivity contribution < 1.29 is 8.78 Å². The minimum absolute atomic E-state index is 0.233. The quantitative estimate of drug-likeness (QED) is 0.886. The Morgan fingerprint density at radius 3 is 2.55 bits per heavy atom. The normalized spacial score (nSPS) is 11.5. The Balaban J connectivity index is 2.33. The lowest BCUT2D eigenvalue weighted by molar-refractivity contribution is 0.146. The first-order valence-corrected chi connectivity index (χ1v) is 7.28. The Morgan fingerprint density at radius 1 is 1.27 bits per heavy atom. The van der Waals surface area contributed by atoms with Gasteiger partial charge in [0.15, 0.2) is 0 Å². The first-order valence-electron chi connectivity index (χ1n) is 7.28. The number of hydrogen-bond acceptors (Lipinski definition) is 4. The number of alkyl halides is 2. The van der Waals surface area contributed by atoms with Crippen molar-refractivity contribution in [2.45, 2.75) is 33.6 Å². The molecule has 22 heavy (non-hydrogen) atoms. The fourth-order valence-corrected chi connectivity index (χ4v) is 2.12. The van der Waals surface area contributed by atoms with Crippen molar-refractivity contribution in [3.05, 3.63) is 23.7 Å². The lowest BCUT2D eigenvalue weighted by Crippen LogP contribution is -2.09. The van der Waals surface area contributed by atoms with E-state index in [-0.39, 0.29) is 11.6 Å². The Kier molecular flexibility index (Phi) is 5.05. The molecule has 0 spiro atoms. The molecule has 0 bridgehead atoms. The van der Waals surface area contributed by atoms with Crippen molar-refractivity contribution in [1.29, 1.82) is 0 Å². The first kappa shape index (κ1) is 16.3. The molecule has 0 aromatic carbocycles. The van der Waals surface area contributed by atoms with Gasteiger partial charge < -0.3 is 5.32 Å². The van der Waals surface area contributed by atoms with Gasteiger partial charge in [0.05, 0.1) is 11.4 Å². The van der Waals surface area contributed by atoms with E-state index in [9.17, 15) is 8.78 Å². The third-order valence-corrected chi connectivity index (χ3v) is 3.26. The summed E-state index contributed by atoms with van der Waals surface area (Å²) in [5.74, 6) is 0.752. The van der Waals surface area contributed by atoms with E-state index in [1.165, 1.54) is 6.07 Å². The molecule has 0 aliphatic heterocycles. The fraction of sp³-hybridized carbons (Fsp3) is 0.533. The molecular formula is C15H21F2N5. The number of hydrogen-bond donors (Lipinski definition) is 1. The standard InChI is InChI=1S/C15H21F2N5/c1-9(2)5-6-18-15-19-12(7-13(20-15)14(16)17)11-8-22(4)21-10(11)3/h7-9,14H,5-6H2,1-4H3,(H,18,19,20). The summed E-state index contributed by atoms with van der Waals surface area (Å²) in [5.41, 5.74) is 1.66. The second kappa shape index (κ2) is 6.81. The minimum Gasteiger partial charge on any atom is -0.354 e. The molecule has 0 saturated carbocycles. The highest BCUT2D eigenvalue weighted by Gasteiger charge is 2.16. The molecule has 0 aliphatic rings. The Morgan fingerprint density at radius 2 is 2.00 bits per heavy atom. The van der Waals surface area contributed by atoms with Crippen LogP contribution in [-0.2, 0) is 7.05 Å². The summed E-state index contributed by atoms with van der Waals surface area (Å²) in [4.78, 5) is 8.24. The molecular weight excluding hydrogens is 288 g/mol. The second-order valence-electron chi connectivity index (χ2n) is 5.71. The maximum absolute atomic E-state index is 13.1. The number of aryl methyl sites for hydroxylation is 2. The van der Waals surface area contributed by atoms with E-state index < -0.39 is 6.43 Å². The number of rotatable bonds is 6. The smallest absolute Gasteiger partial charge is 0.280 e. The van der Waals surface area contributed by atoms with E-state index in [2.05, 4.69) is 34.2 Å². The maximum Gasteiger partial charge on any atom is 0.280 e. The lowest BCUT2D eigenvalue weighted by Gasteiger charge is -2.10. The third kappa shape index (κ3) is 3.99. The highest BCUT2D eigenvalue weighted by Crippen LogP contribution is 2.26. The van der Waals surface area contributed by atoms with Crippen molar-refractivity contribution >= 4 is 5.95 Å². The van der Waals surface area contributed by atoms with Gasteiger partial charge in [-0.25, -0.2) is 18.7 Å². The lowest BCUT2D eigenvalue weighted by atomic mass is 10.1. The maximum atomic E-state index is 13.1. The van der Waals surface area contributed by atoms with Crippen LogP contribution < -0.4 is 5.32 Å². The predicted octanol–water partition coefficient (Wildman–Crippen LogP) is 3.58. The highest BCUT2D eigenvalue weighted by molar-refractivity contribution is 5.62. The molecule has 2 aromatic rings. The second-order valence-corrected chi connectivity index (χ2v) is 5.71. The van der Waals surface area contributed by atoms with Crippen LogP contribution in [0.4, 0.5) is 14.7 Å².